The normalized spacial score (nSPS) is 19.7. The molecule has 3 heterocycles. The molecule has 24 heavy (non-hydrogen) atoms. The first kappa shape index (κ1) is 16.5. The summed E-state index contributed by atoms with van der Waals surface area (Å²) in [7, 11) is 0. The first-order chi connectivity index (χ1) is 11.6. The average molecular weight is 330 g/mol. The van der Waals surface area contributed by atoms with Gasteiger partial charge in [0.15, 0.2) is 0 Å². The molecule has 2 N–H and O–H groups in total. The molecule has 2 aromatic rings. The quantitative estimate of drug-likeness (QED) is 0.901. The number of nitrogens with zero attached hydrogens (tertiary/aromatic N) is 1. The number of rotatable bonds is 4. The van der Waals surface area contributed by atoms with Gasteiger partial charge in [-0.1, -0.05) is 12.8 Å². The molecule has 3 rings (SSSR count). The Morgan fingerprint density at radius 1 is 1.38 bits per heavy atom. The van der Waals surface area contributed by atoms with Crippen molar-refractivity contribution in [1.29, 1.82) is 0 Å². The molecule has 6 heteroatoms. The van der Waals surface area contributed by atoms with E-state index in [-0.39, 0.29) is 17.5 Å². The van der Waals surface area contributed by atoms with Gasteiger partial charge in [-0.15, -0.1) is 0 Å². The Kier molecular flexibility index (Phi) is 5.15. The van der Waals surface area contributed by atoms with E-state index in [1.165, 1.54) is 18.5 Å². The highest BCUT2D eigenvalue weighted by Gasteiger charge is 2.29. The summed E-state index contributed by atoms with van der Waals surface area (Å²) in [6.07, 6.45) is 6.57. The number of carbonyl (C=O) groups is 1. The van der Waals surface area contributed by atoms with Crippen LogP contribution in [0.15, 0.2) is 45.9 Å². The number of furan rings is 1. The van der Waals surface area contributed by atoms with E-state index in [0.717, 1.165) is 25.7 Å². The lowest BCUT2D eigenvalue weighted by Gasteiger charge is -2.31. The number of amides is 1. The summed E-state index contributed by atoms with van der Waals surface area (Å²) in [5, 5.41) is 10.4. The fourth-order valence-electron chi connectivity index (χ4n) is 3.29. The maximum Gasteiger partial charge on any atom is 0.254 e. The molecular formula is C18H22N2O4. The highest BCUT2D eigenvalue weighted by atomic mass is 16.4. The number of nitrogens with one attached hydrogen (secondary N) is 1. The van der Waals surface area contributed by atoms with Crippen molar-refractivity contribution >= 4 is 5.91 Å². The Hall–Kier alpha value is -2.34. The van der Waals surface area contributed by atoms with Crippen LogP contribution < -0.4 is 5.56 Å². The van der Waals surface area contributed by atoms with Crippen LogP contribution in [0.4, 0.5) is 0 Å². The van der Waals surface area contributed by atoms with E-state index in [1.807, 2.05) is 0 Å². The average Bonchev–Trinajstić information content (AvgIpc) is 3.02. The Balaban J connectivity index is 1.79. The van der Waals surface area contributed by atoms with Gasteiger partial charge in [0, 0.05) is 36.8 Å². The van der Waals surface area contributed by atoms with E-state index in [2.05, 4.69) is 4.98 Å². The molecule has 1 amide bonds. The summed E-state index contributed by atoms with van der Waals surface area (Å²) in [4.78, 5) is 28.7. The summed E-state index contributed by atoms with van der Waals surface area (Å²) in [6.45, 7) is 0.640. The van der Waals surface area contributed by atoms with Gasteiger partial charge in [-0.3, -0.25) is 9.59 Å². The second-order valence-electron chi connectivity index (χ2n) is 6.21. The van der Waals surface area contributed by atoms with Crippen LogP contribution in [-0.2, 0) is 0 Å². The van der Waals surface area contributed by atoms with Gasteiger partial charge in [0.1, 0.15) is 11.9 Å². The van der Waals surface area contributed by atoms with Crippen molar-refractivity contribution in [2.75, 3.05) is 6.54 Å². The van der Waals surface area contributed by atoms with Gasteiger partial charge < -0.3 is 19.4 Å². The molecule has 0 bridgehead atoms. The number of hydrogen-bond donors (Lipinski definition) is 2. The molecule has 0 spiro atoms. The molecule has 1 fully saturated rings. The molecule has 2 atom stereocenters. The largest absolute Gasteiger partial charge is 0.467 e. The highest BCUT2D eigenvalue weighted by molar-refractivity contribution is 5.94. The van der Waals surface area contributed by atoms with Crippen molar-refractivity contribution in [1.82, 2.24) is 9.88 Å². The number of hydrogen-bond acceptors (Lipinski definition) is 4. The van der Waals surface area contributed by atoms with Crippen LogP contribution in [0.25, 0.3) is 0 Å². The van der Waals surface area contributed by atoms with Gasteiger partial charge in [-0.2, -0.15) is 0 Å². The molecule has 2 aromatic heterocycles. The van der Waals surface area contributed by atoms with Crippen LogP contribution >= 0.6 is 0 Å². The van der Waals surface area contributed by atoms with E-state index in [1.54, 1.807) is 23.1 Å². The molecule has 0 unspecified atom stereocenters. The maximum atomic E-state index is 12.9. The molecule has 0 aliphatic carbocycles. The zero-order valence-electron chi connectivity index (χ0n) is 13.5. The number of aromatic amines is 1. The number of aliphatic hydroxyl groups excluding tert-OH is 1. The van der Waals surface area contributed by atoms with Crippen LogP contribution in [0.3, 0.4) is 0 Å². The number of aliphatic hydroxyl groups is 1. The van der Waals surface area contributed by atoms with Crippen molar-refractivity contribution in [2.24, 2.45) is 0 Å². The molecule has 128 valence electrons. The second kappa shape index (κ2) is 7.49. The number of carbonyl (C=O) groups excluding carboxylic acids is 1. The molecule has 6 nitrogen and oxygen atoms in total. The molecule has 0 aromatic carbocycles. The highest BCUT2D eigenvalue weighted by Crippen LogP contribution is 2.27. The Morgan fingerprint density at radius 3 is 3.00 bits per heavy atom. The van der Waals surface area contributed by atoms with Gasteiger partial charge in [0.05, 0.1) is 6.26 Å². The summed E-state index contributed by atoms with van der Waals surface area (Å²) in [5.74, 6) is 0.363. The summed E-state index contributed by atoms with van der Waals surface area (Å²) < 4.78 is 5.27. The van der Waals surface area contributed by atoms with Gasteiger partial charge in [0.2, 0.25) is 5.56 Å². The van der Waals surface area contributed by atoms with Crippen molar-refractivity contribution in [3.05, 3.63) is 58.4 Å². The van der Waals surface area contributed by atoms with E-state index in [4.69, 9.17) is 4.42 Å². The third-order valence-electron chi connectivity index (χ3n) is 4.53. The van der Waals surface area contributed by atoms with Crippen molar-refractivity contribution < 1.29 is 14.3 Å². The molecule has 1 aliphatic rings. The van der Waals surface area contributed by atoms with E-state index in [9.17, 15) is 14.7 Å². The lowest BCUT2D eigenvalue weighted by atomic mass is 10.0. The smallest absolute Gasteiger partial charge is 0.254 e. The predicted molar refractivity (Wildman–Crippen MR) is 88.6 cm³/mol. The van der Waals surface area contributed by atoms with Gasteiger partial charge in [-0.05, 0) is 31.0 Å². The van der Waals surface area contributed by atoms with Gasteiger partial charge >= 0.3 is 0 Å². The number of aromatic nitrogens is 1. The van der Waals surface area contributed by atoms with E-state index < -0.39 is 6.10 Å². The number of H-pyrrole nitrogens is 1. The molecule has 0 radical (unpaired) electrons. The lowest BCUT2D eigenvalue weighted by molar-refractivity contribution is 0.0557. The third kappa shape index (κ3) is 3.76. The first-order valence-corrected chi connectivity index (χ1v) is 8.36. The Bertz CT molecular complexity index is 723. The van der Waals surface area contributed by atoms with Crippen LogP contribution in [0, 0.1) is 0 Å². The summed E-state index contributed by atoms with van der Waals surface area (Å²) in [5.41, 5.74) is 0.0981. The van der Waals surface area contributed by atoms with Crippen LogP contribution in [-0.4, -0.2) is 33.5 Å². The second-order valence-corrected chi connectivity index (χ2v) is 6.21. The fourth-order valence-corrected chi connectivity index (χ4v) is 3.29. The Labute approximate surface area is 140 Å². The fraction of sp³-hybridized carbons (Fsp3) is 0.444. The lowest BCUT2D eigenvalue weighted by Crippen LogP contribution is -2.41. The van der Waals surface area contributed by atoms with Gasteiger partial charge in [-0.25, -0.2) is 0 Å². The minimum atomic E-state index is -0.738. The topological polar surface area (TPSA) is 86.5 Å². The maximum absolute atomic E-state index is 12.9. The standard InChI is InChI=1S/C18H22N2O4/c21-15(16-6-4-10-24-16)12-14-5-2-1-3-9-20(14)18(23)13-7-8-19-17(22)11-13/h4,6-8,10-11,14-15,21H,1-3,5,9,12H2,(H,19,22)/t14-,15-/m0/s1. The predicted octanol–water partition coefficient (Wildman–Crippen LogP) is 2.48. The SMILES string of the molecule is O=C(c1cc[nH]c(=O)c1)N1CCCCC[C@H]1C[C@H](O)c1ccco1. The van der Waals surface area contributed by atoms with Crippen LogP contribution in [0.1, 0.15) is 54.3 Å². The van der Waals surface area contributed by atoms with E-state index >= 15 is 0 Å². The molecule has 0 saturated carbocycles. The minimum absolute atomic E-state index is 0.0700. The summed E-state index contributed by atoms with van der Waals surface area (Å²) >= 11 is 0. The molecular weight excluding hydrogens is 308 g/mol. The number of likely N-dealkylation sites (tertiary alicyclic amines) is 1. The van der Waals surface area contributed by atoms with Crippen molar-refractivity contribution in [2.45, 2.75) is 44.2 Å². The monoisotopic (exact) mass is 330 g/mol. The Morgan fingerprint density at radius 2 is 2.25 bits per heavy atom. The third-order valence-corrected chi connectivity index (χ3v) is 4.53. The van der Waals surface area contributed by atoms with Crippen molar-refractivity contribution in [3.63, 3.8) is 0 Å². The zero-order valence-corrected chi connectivity index (χ0v) is 13.5. The number of pyridine rings is 1. The van der Waals surface area contributed by atoms with Crippen LogP contribution in [0.5, 0.6) is 0 Å². The van der Waals surface area contributed by atoms with Crippen molar-refractivity contribution in [3.8, 4) is 0 Å². The molecule has 1 saturated heterocycles. The van der Waals surface area contributed by atoms with E-state index in [0.29, 0.717) is 24.3 Å². The molecule has 1 aliphatic heterocycles. The van der Waals surface area contributed by atoms with Gasteiger partial charge in [0.25, 0.3) is 5.91 Å². The minimum Gasteiger partial charge on any atom is -0.467 e. The first-order valence-electron chi connectivity index (χ1n) is 8.36. The zero-order chi connectivity index (χ0) is 16.9. The summed E-state index contributed by atoms with van der Waals surface area (Å²) in [6, 6.07) is 6.36. The van der Waals surface area contributed by atoms with Crippen LogP contribution in [0.2, 0.25) is 0 Å².